The summed E-state index contributed by atoms with van der Waals surface area (Å²) < 4.78 is 48.7. The lowest BCUT2D eigenvalue weighted by atomic mass is 10.0. The number of aryl methyl sites for hydroxylation is 1. The lowest BCUT2D eigenvalue weighted by Crippen LogP contribution is -2.35. The van der Waals surface area contributed by atoms with Gasteiger partial charge in [-0.2, -0.15) is 23.4 Å². The number of nitrogens with zero attached hydrogens (tertiary/aromatic N) is 4. The molecule has 0 aliphatic carbocycles. The Labute approximate surface area is 163 Å². The maximum absolute atomic E-state index is 13.6. The molecule has 3 aromatic rings. The minimum absolute atomic E-state index is 0.0928. The van der Waals surface area contributed by atoms with Crippen LogP contribution >= 0.6 is 0 Å². The Morgan fingerprint density at radius 1 is 1.45 bits per heavy atom. The fraction of sp³-hybridized carbons (Fsp3) is 0.389. The Bertz CT molecular complexity index is 992. The van der Waals surface area contributed by atoms with Crippen LogP contribution in [0.15, 0.2) is 41.3 Å². The third kappa shape index (κ3) is 3.84. The Kier molecular flexibility index (Phi) is 4.81. The first kappa shape index (κ1) is 19.1. The summed E-state index contributed by atoms with van der Waals surface area (Å²) in [6.45, 7) is 2.83. The quantitative estimate of drug-likeness (QED) is 0.676. The first-order valence-electron chi connectivity index (χ1n) is 9.11. The van der Waals surface area contributed by atoms with Gasteiger partial charge in [0.05, 0.1) is 18.5 Å². The molecule has 0 saturated heterocycles. The highest BCUT2D eigenvalue weighted by Gasteiger charge is 2.47. The monoisotopic (exact) mass is 408 g/mol. The normalized spacial score (nSPS) is 18.9. The molecule has 4 rings (SSSR count). The second kappa shape index (κ2) is 7.30. The zero-order valence-electron chi connectivity index (χ0n) is 15.5. The average Bonchev–Trinajstić information content (AvgIpc) is 3.44. The number of aromatic nitrogens is 4. The number of hydrogen-bond acceptors (Lipinski definition) is 5. The molecule has 0 bridgehead atoms. The van der Waals surface area contributed by atoms with Crippen molar-refractivity contribution in [3.8, 4) is 0 Å². The van der Waals surface area contributed by atoms with Crippen LogP contribution in [0.5, 0.6) is 0 Å². The number of furan rings is 1. The fourth-order valence-electron chi connectivity index (χ4n) is 3.30. The molecule has 0 spiro atoms. The van der Waals surface area contributed by atoms with Crippen LogP contribution in [0.1, 0.15) is 47.2 Å². The van der Waals surface area contributed by atoms with Crippen molar-refractivity contribution in [2.45, 2.75) is 44.7 Å². The van der Waals surface area contributed by atoms with Crippen LogP contribution in [0.4, 0.5) is 19.0 Å². The molecule has 11 heteroatoms. The van der Waals surface area contributed by atoms with Gasteiger partial charge in [-0.25, -0.2) is 4.68 Å². The lowest BCUT2D eigenvalue weighted by Gasteiger charge is -2.32. The highest BCUT2D eigenvalue weighted by molar-refractivity contribution is 5.93. The molecule has 0 fully saturated rings. The van der Waals surface area contributed by atoms with Crippen molar-refractivity contribution < 1.29 is 22.4 Å². The van der Waals surface area contributed by atoms with Gasteiger partial charge < -0.3 is 15.1 Å². The minimum Gasteiger partial charge on any atom is -0.467 e. The van der Waals surface area contributed by atoms with Gasteiger partial charge in [0.1, 0.15) is 11.6 Å². The van der Waals surface area contributed by atoms with Crippen LogP contribution < -0.4 is 10.6 Å². The summed E-state index contributed by atoms with van der Waals surface area (Å²) in [6, 6.07) is 2.01. The molecular weight excluding hydrogens is 389 g/mol. The first-order chi connectivity index (χ1) is 13.8. The summed E-state index contributed by atoms with van der Waals surface area (Å²) in [7, 11) is 0. The van der Waals surface area contributed by atoms with Crippen molar-refractivity contribution >= 4 is 11.7 Å². The van der Waals surface area contributed by atoms with Gasteiger partial charge in [0.15, 0.2) is 11.7 Å². The van der Waals surface area contributed by atoms with E-state index in [1.165, 1.54) is 12.3 Å². The van der Waals surface area contributed by atoms with Crippen molar-refractivity contribution in [1.29, 1.82) is 0 Å². The summed E-state index contributed by atoms with van der Waals surface area (Å²) in [5, 5.41) is 13.7. The number of fused-ring (bicyclic) bond motifs is 1. The van der Waals surface area contributed by atoms with Gasteiger partial charge in [-0.15, -0.1) is 0 Å². The molecule has 154 valence electrons. The van der Waals surface area contributed by atoms with Gasteiger partial charge in [0.25, 0.3) is 5.91 Å². The molecule has 1 aliphatic rings. The van der Waals surface area contributed by atoms with Crippen LogP contribution in [-0.4, -0.2) is 31.6 Å². The average molecular weight is 408 g/mol. The van der Waals surface area contributed by atoms with Crippen LogP contribution in [0.25, 0.3) is 0 Å². The Hall–Kier alpha value is -3.24. The van der Waals surface area contributed by atoms with Gasteiger partial charge >= 0.3 is 6.18 Å². The second-order valence-electron chi connectivity index (χ2n) is 6.75. The van der Waals surface area contributed by atoms with Crippen LogP contribution in [0, 0.1) is 0 Å². The molecule has 29 heavy (non-hydrogen) atoms. The number of carbonyl (C=O) groups is 1. The summed E-state index contributed by atoms with van der Waals surface area (Å²) in [4.78, 5) is 12.4. The van der Waals surface area contributed by atoms with Crippen LogP contribution in [0.2, 0.25) is 0 Å². The number of nitrogens with one attached hydrogen (secondary N) is 2. The molecule has 8 nitrogen and oxygen atoms in total. The number of amides is 1. The third-order valence-electron chi connectivity index (χ3n) is 4.77. The van der Waals surface area contributed by atoms with E-state index >= 15 is 0 Å². The fourth-order valence-corrected chi connectivity index (χ4v) is 3.30. The summed E-state index contributed by atoms with van der Waals surface area (Å²) in [5.74, 6) is -0.0528. The van der Waals surface area contributed by atoms with E-state index < -0.39 is 24.2 Å². The molecule has 0 radical (unpaired) electrons. The number of anilines is 1. The standard InChI is InChI=1S/C18H19F3N6O2/c1-2-26-10-11(9-23-26)8-22-17(28)13-7-16-24-12(14-4-3-5-29-14)6-15(18(19,20)21)27(16)25-13/h3-5,7,9-10,12,15,24H,2,6,8H2,1H3,(H,22,28)/t12-,15+/m0/s1. The van der Waals surface area contributed by atoms with Gasteiger partial charge in [0, 0.05) is 37.3 Å². The largest absolute Gasteiger partial charge is 0.467 e. The predicted molar refractivity (Wildman–Crippen MR) is 96.1 cm³/mol. The second-order valence-corrected chi connectivity index (χ2v) is 6.75. The molecule has 0 saturated carbocycles. The van der Waals surface area contributed by atoms with Gasteiger partial charge in [-0.05, 0) is 19.1 Å². The van der Waals surface area contributed by atoms with Crippen molar-refractivity contribution in [2.24, 2.45) is 0 Å². The Balaban J connectivity index is 1.54. The van der Waals surface area contributed by atoms with E-state index in [1.54, 1.807) is 29.2 Å². The van der Waals surface area contributed by atoms with Gasteiger partial charge in [0.2, 0.25) is 0 Å². The van der Waals surface area contributed by atoms with Crippen LogP contribution in [-0.2, 0) is 13.1 Å². The predicted octanol–water partition coefficient (Wildman–Crippen LogP) is 3.28. The SMILES string of the molecule is CCn1cc(CNC(=O)c2cc3n(n2)[C@@H](C(F)(F)F)C[C@@H](c2ccco2)N3)cn1. The number of carbonyl (C=O) groups excluding carboxylic acids is 1. The molecule has 0 aromatic carbocycles. The van der Waals surface area contributed by atoms with E-state index in [0.717, 1.165) is 10.2 Å². The van der Waals surface area contributed by atoms with Crippen molar-refractivity contribution in [2.75, 3.05) is 5.32 Å². The summed E-state index contributed by atoms with van der Waals surface area (Å²) in [6.07, 6.45) is 0.00899. The van der Waals surface area contributed by atoms with Gasteiger partial charge in [-0.3, -0.25) is 9.48 Å². The highest BCUT2D eigenvalue weighted by atomic mass is 19.4. The van der Waals surface area contributed by atoms with Crippen LogP contribution in [0.3, 0.4) is 0 Å². The molecule has 2 atom stereocenters. The molecule has 0 unspecified atom stereocenters. The molecular formula is C18H19F3N6O2. The molecule has 2 N–H and O–H groups in total. The zero-order valence-corrected chi connectivity index (χ0v) is 15.5. The molecule has 1 aliphatic heterocycles. The minimum atomic E-state index is -4.52. The molecule has 3 aromatic heterocycles. The van der Waals surface area contributed by atoms with Crippen molar-refractivity contribution in [3.63, 3.8) is 0 Å². The van der Waals surface area contributed by atoms with E-state index in [1.807, 2.05) is 6.92 Å². The number of rotatable bonds is 5. The Morgan fingerprint density at radius 2 is 2.28 bits per heavy atom. The highest BCUT2D eigenvalue weighted by Crippen LogP contribution is 2.43. The number of halogens is 3. The number of alkyl halides is 3. The molecule has 1 amide bonds. The van der Waals surface area contributed by atoms with Crippen molar-refractivity contribution in [3.05, 3.63) is 53.9 Å². The smallest absolute Gasteiger partial charge is 0.410 e. The summed E-state index contributed by atoms with van der Waals surface area (Å²) >= 11 is 0. The molecule has 4 heterocycles. The maximum Gasteiger partial charge on any atom is 0.410 e. The lowest BCUT2D eigenvalue weighted by molar-refractivity contribution is -0.174. The van der Waals surface area contributed by atoms with E-state index in [9.17, 15) is 18.0 Å². The number of hydrogen-bond donors (Lipinski definition) is 2. The summed E-state index contributed by atoms with van der Waals surface area (Å²) in [5.41, 5.74) is 0.693. The van der Waals surface area contributed by atoms with Gasteiger partial charge in [-0.1, -0.05) is 0 Å². The topological polar surface area (TPSA) is 89.9 Å². The van der Waals surface area contributed by atoms with E-state index in [-0.39, 0.29) is 24.5 Å². The van der Waals surface area contributed by atoms with E-state index in [4.69, 9.17) is 4.42 Å². The van der Waals surface area contributed by atoms with E-state index in [0.29, 0.717) is 12.3 Å². The zero-order chi connectivity index (χ0) is 20.6. The third-order valence-corrected chi connectivity index (χ3v) is 4.77. The van der Waals surface area contributed by atoms with E-state index in [2.05, 4.69) is 20.8 Å². The maximum atomic E-state index is 13.6. The Morgan fingerprint density at radius 3 is 2.93 bits per heavy atom. The van der Waals surface area contributed by atoms with Crippen molar-refractivity contribution in [1.82, 2.24) is 24.9 Å². The first-order valence-corrected chi connectivity index (χ1v) is 9.11.